The topological polar surface area (TPSA) is 69.6 Å². The summed E-state index contributed by atoms with van der Waals surface area (Å²) in [4.78, 5) is 10.6. The number of carbonyl (C=O) groups is 1. The molecule has 1 aromatic rings. The molecule has 3 N–H and O–H groups in total. The lowest BCUT2D eigenvalue weighted by Gasteiger charge is -2.15. The van der Waals surface area contributed by atoms with Crippen molar-refractivity contribution in [2.45, 2.75) is 19.4 Å². The van der Waals surface area contributed by atoms with Gasteiger partial charge >= 0.3 is 5.97 Å². The van der Waals surface area contributed by atoms with Gasteiger partial charge in [-0.1, -0.05) is 6.92 Å². The fraction of sp³-hybridized carbons (Fsp3) is 0.364. The normalized spacial score (nSPS) is 12.1. The van der Waals surface area contributed by atoms with E-state index < -0.39 is 5.97 Å². The Bertz CT molecular complexity index is 317. The standard InChI is InChI=1S/C11H15NO3/c1-2-9(7-13)12-10-5-3-8(4-6-10)11(14)15/h3-6,9,12-13H,2,7H2,1H3,(H,14,15). The average Bonchev–Trinajstić information content (AvgIpc) is 2.26. The van der Waals surface area contributed by atoms with Crippen molar-refractivity contribution < 1.29 is 15.0 Å². The van der Waals surface area contributed by atoms with Crippen LogP contribution in [-0.4, -0.2) is 28.8 Å². The van der Waals surface area contributed by atoms with E-state index in [2.05, 4.69) is 5.32 Å². The van der Waals surface area contributed by atoms with Crippen LogP contribution in [0.5, 0.6) is 0 Å². The van der Waals surface area contributed by atoms with E-state index in [0.717, 1.165) is 12.1 Å². The maximum Gasteiger partial charge on any atom is 0.335 e. The van der Waals surface area contributed by atoms with Gasteiger partial charge in [-0.2, -0.15) is 0 Å². The first kappa shape index (κ1) is 11.5. The Morgan fingerprint density at radius 1 is 1.40 bits per heavy atom. The van der Waals surface area contributed by atoms with Gasteiger partial charge in [0.25, 0.3) is 0 Å². The summed E-state index contributed by atoms with van der Waals surface area (Å²) in [6.45, 7) is 2.04. The molecule has 4 nitrogen and oxygen atoms in total. The minimum Gasteiger partial charge on any atom is -0.478 e. The quantitative estimate of drug-likeness (QED) is 0.688. The first-order valence-corrected chi connectivity index (χ1v) is 4.88. The molecule has 0 spiro atoms. The summed E-state index contributed by atoms with van der Waals surface area (Å²) in [5.41, 5.74) is 1.08. The van der Waals surface area contributed by atoms with Crippen molar-refractivity contribution in [3.05, 3.63) is 29.8 Å². The van der Waals surface area contributed by atoms with Gasteiger partial charge in [0.2, 0.25) is 0 Å². The molecule has 0 radical (unpaired) electrons. The molecule has 0 amide bonds. The number of aliphatic hydroxyl groups is 1. The van der Waals surface area contributed by atoms with Gasteiger partial charge < -0.3 is 15.5 Å². The third kappa shape index (κ3) is 3.25. The second-order valence-electron chi connectivity index (χ2n) is 3.31. The lowest BCUT2D eigenvalue weighted by molar-refractivity contribution is 0.0697. The number of rotatable bonds is 5. The summed E-state index contributed by atoms with van der Waals surface area (Å²) >= 11 is 0. The molecule has 0 saturated heterocycles. The number of carboxylic acid groups (broad SMARTS) is 1. The number of carboxylic acids is 1. The van der Waals surface area contributed by atoms with Crippen LogP contribution in [0.3, 0.4) is 0 Å². The number of aromatic carboxylic acids is 1. The smallest absolute Gasteiger partial charge is 0.335 e. The Morgan fingerprint density at radius 3 is 2.40 bits per heavy atom. The summed E-state index contributed by atoms with van der Waals surface area (Å²) < 4.78 is 0. The van der Waals surface area contributed by atoms with Crippen LogP contribution in [-0.2, 0) is 0 Å². The van der Waals surface area contributed by atoms with Gasteiger partial charge in [0.1, 0.15) is 0 Å². The number of nitrogens with one attached hydrogen (secondary N) is 1. The first-order valence-electron chi connectivity index (χ1n) is 4.88. The molecular formula is C11H15NO3. The van der Waals surface area contributed by atoms with E-state index in [0.29, 0.717) is 0 Å². The number of hydrogen-bond donors (Lipinski definition) is 3. The largest absolute Gasteiger partial charge is 0.478 e. The van der Waals surface area contributed by atoms with E-state index in [9.17, 15) is 4.79 Å². The van der Waals surface area contributed by atoms with Crippen molar-refractivity contribution in [2.24, 2.45) is 0 Å². The Balaban J connectivity index is 2.67. The highest BCUT2D eigenvalue weighted by Gasteiger charge is 2.05. The number of aliphatic hydroxyl groups excluding tert-OH is 1. The molecule has 0 aliphatic carbocycles. The van der Waals surface area contributed by atoms with Crippen LogP contribution in [0.1, 0.15) is 23.7 Å². The van der Waals surface area contributed by atoms with Crippen molar-refractivity contribution in [3.63, 3.8) is 0 Å². The Hall–Kier alpha value is -1.55. The minimum atomic E-state index is -0.934. The zero-order valence-electron chi connectivity index (χ0n) is 8.60. The second-order valence-corrected chi connectivity index (χ2v) is 3.31. The van der Waals surface area contributed by atoms with Crippen LogP contribution in [0.25, 0.3) is 0 Å². The fourth-order valence-electron chi connectivity index (χ4n) is 1.22. The molecule has 82 valence electrons. The van der Waals surface area contributed by atoms with E-state index >= 15 is 0 Å². The molecular weight excluding hydrogens is 194 g/mol. The van der Waals surface area contributed by atoms with Crippen LogP contribution in [0, 0.1) is 0 Å². The van der Waals surface area contributed by atoms with Crippen molar-refractivity contribution in [2.75, 3.05) is 11.9 Å². The highest BCUT2D eigenvalue weighted by atomic mass is 16.4. The van der Waals surface area contributed by atoms with Gasteiger partial charge in [-0.15, -0.1) is 0 Å². The maximum atomic E-state index is 10.6. The molecule has 1 rings (SSSR count). The highest BCUT2D eigenvalue weighted by Crippen LogP contribution is 2.11. The maximum absolute atomic E-state index is 10.6. The monoisotopic (exact) mass is 209 g/mol. The zero-order valence-corrected chi connectivity index (χ0v) is 8.60. The van der Waals surface area contributed by atoms with Crippen LogP contribution in [0.2, 0.25) is 0 Å². The number of anilines is 1. The zero-order chi connectivity index (χ0) is 11.3. The molecule has 1 aromatic carbocycles. The molecule has 15 heavy (non-hydrogen) atoms. The minimum absolute atomic E-state index is 0.0145. The summed E-state index contributed by atoms with van der Waals surface area (Å²) in [5.74, 6) is -0.934. The summed E-state index contributed by atoms with van der Waals surface area (Å²) in [7, 11) is 0. The van der Waals surface area contributed by atoms with E-state index in [1.807, 2.05) is 6.92 Å². The predicted octanol–water partition coefficient (Wildman–Crippen LogP) is 1.57. The van der Waals surface area contributed by atoms with Crippen LogP contribution in [0.4, 0.5) is 5.69 Å². The number of hydrogen-bond acceptors (Lipinski definition) is 3. The van der Waals surface area contributed by atoms with E-state index in [1.54, 1.807) is 12.1 Å². The molecule has 0 aliphatic heterocycles. The van der Waals surface area contributed by atoms with Crippen molar-refractivity contribution in [3.8, 4) is 0 Å². The van der Waals surface area contributed by atoms with Crippen molar-refractivity contribution in [1.29, 1.82) is 0 Å². The van der Waals surface area contributed by atoms with Crippen LogP contribution < -0.4 is 5.32 Å². The highest BCUT2D eigenvalue weighted by molar-refractivity contribution is 5.87. The van der Waals surface area contributed by atoms with E-state index in [4.69, 9.17) is 10.2 Å². The molecule has 4 heteroatoms. The molecule has 0 saturated carbocycles. The van der Waals surface area contributed by atoms with Gasteiger partial charge in [0.05, 0.1) is 12.2 Å². The van der Waals surface area contributed by atoms with Crippen molar-refractivity contribution >= 4 is 11.7 Å². The molecule has 1 unspecified atom stereocenters. The predicted molar refractivity (Wildman–Crippen MR) is 58.2 cm³/mol. The molecule has 1 atom stereocenters. The van der Waals surface area contributed by atoms with Gasteiger partial charge in [0.15, 0.2) is 0 Å². The van der Waals surface area contributed by atoms with Gasteiger partial charge in [-0.05, 0) is 30.7 Å². The summed E-state index contributed by atoms with van der Waals surface area (Å²) in [5, 5.41) is 20.8. The molecule has 0 aromatic heterocycles. The van der Waals surface area contributed by atoms with Gasteiger partial charge in [-0.3, -0.25) is 0 Å². The molecule has 0 fully saturated rings. The Morgan fingerprint density at radius 2 is 2.00 bits per heavy atom. The van der Waals surface area contributed by atoms with Crippen LogP contribution in [0.15, 0.2) is 24.3 Å². The van der Waals surface area contributed by atoms with Gasteiger partial charge in [0, 0.05) is 11.7 Å². The number of benzene rings is 1. The van der Waals surface area contributed by atoms with E-state index in [1.165, 1.54) is 12.1 Å². The third-order valence-electron chi connectivity index (χ3n) is 2.22. The first-order chi connectivity index (χ1) is 7.17. The molecule has 0 aliphatic rings. The lowest BCUT2D eigenvalue weighted by Crippen LogP contribution is -2.22. The third-order valence-corrected chi connectivity index (χ3v) is 2.22. The fourth-order valence-corrected chi connectivity index (χ4v) is 1.22. The van der Waals surface area contributed by atoms with Crippen LogP contribution >= 0.6 is 0 Å². The van der Waals surface area contributed by atoms with Crippen molar-refractivity contribution in [1.82, 2.24) is 0 Å². The Kier molecular flexibility index (Phi) is 4.12. The SMILES string of the molecule is CCC(CO)Nc1ccc(C(=O)O)cc1. The summed E-state index contributed by atoms with van der Waals surface area (Å²) in [6.07, 6.45) is 0.817. The molecule has 0 heterocycles. The average molecular weight is 209 g/mol. The molecule has 0 bridgehead atoms. The summed E-state index contributed by atoms with van der Waals surface area (Å²) in [6, 6.07) is 6.48. The second kappa shape index (κ2) is 5.36. The van der Waals surface area contributed by atoms with E-state index in [-0.39, 0.29) is 18.2 Å². The lowest BCUT2D eigenvalue weighted by atomic mass is 10.2. The Labute approximate surface area is 88.6 Å². The van der Waals surface area contributed by atoms with Gasteiger partial charge in [-0.25, -0.2) is 4.79 Å².